The first-order valence-electron chi connectivity index (χ1n) is 5.86. The van der Waals surface area contributed by atoms with E-state index in [0.717, 1.165) is 12.4 Å². The molecule has 3 rings (SSSR count). The van der Waals surface area contributed by atoms with Crippen LogP contribution in [-0.4, -0.2) is 16.0 Å². The van der Waals surface area contributed by atoms with Crippen LogP contribution in [0.15, 0.2) is 29.2 Å². The molecular formula is C13H12N4S. The maximum absolute atomic E-state index is 8.73. The highest BCUT2D eigenvalue weighted by Gasteiger charge is 2.30. The van der Waals surface area contributed by atoms with E-state index in [1.165, 1.54) is 18.4 Å². The number of anilines is 1. The third-order valence-corrected chi connectivity index (χ3v) is 3.70. The molecule has 1 aliphatic carbocycles. The van der Waals surface area contributed by atoms with E-state index in [1.807, 2.05) is 6.07 Å². The van der Waals surface area contributed by atoms with Gasteiger partial charge in [0.1, 0.15) is 11.9 Å². The van der Waals surface area contributed by atoms with Crippen LogP contribution in [0, 0.1) is 11.3 Å². The first-order valence-corrected chi connectivity index (χ1v) is 6.81. The van der Waals surface area contributed by atoms with E-state index in [1.54, 1.807) is 23.7 Å². The fourth-order valence-electron chi connectivity index (χ4n) is 1.89. The summed E-state index contributed by atoms with van der Waals surface area (Å²) in [6, 6.07) is 4.71. The molecule has 0 aromatic carbocycles. The van der Waals surface area contributed by atoms with Gasteiger partial charge in [0.2, 0.25) is 0 Å². The Bertz CT molecular complexity index is 552. The standard InChI is InChI=1S/C13H12N4S/c14-5-11-6-16-13(7-15-11)17(12-1-2-12)8-10-3-4-18-9-10/h3-4,6-7,9,12H,1-2,8H2. The van der Waals surface area contributed by atoms with E-state index in [4.69, 9.17) is 5.26 Å². The fraction of sp³-hybridized carbons (Fsp3) is 0.308. The van der Waals surface area contributed by atoms with Crippen molar-refractivity contribution in [1.29, 1.82) is 5.26 Å². The molecule has 0 atom stereocenters. The first-order chi connectivity index (χ1) is 8.86. The first kappa shape index (κ1) is 11.2. The van der Waals surface area contributed by atoms with Gasteiger partial charge in [-0.3, -0.25) is 0 Å². The van der Waals surface area contributed by atoms with Crippen molar-refractivity contribution in [2.24, 2.45) is 0 Å². The topological polar surface area (TPSA) is 52.8 Å². The van der Waals surface area contributed by atoms with E-state index < -0.39 is 0 Å². The van der Waals surface area contributed by atoms with Crippen LogP contribution in [-0.2, 0) is 6.54 Å². The minimum Gasteiger partial charge on any atom is -0.348 e. The molecule has 5 heteroatoms. The number of nitrogens with zero attached hydrogens (tertiary/aromatic N) is 4. The Labute approximate surface area is 110 Å². The van der Waals surface area contributed by atoms with E-state index in [0.29, 0.717) is 11.7 Å². The number of thiophene rings is 1. The predicted octanol–water partition coefficient (Wildman–Crippen LogP) is 2.58. The molecule has 1 aliphatic rings. The minimum atomic E-state index is 0.366. The van der Waals surface area contributed by atoms with E-state index in [2.05, 4.69) is 31.7 Å². The molecule has 2 aromatic heterocycles. The second kappa shape index (κ2) is 4.75. The summed E-state index contributed by atoms with van der Waals surface area (Å²) in [6.45, 7) is 0.870. The Balaban J connectivity index is 1.82. The average Bonchev–Trinajstić information content (AvgIpc) is 3.13. The average molecular weight is 256 g/mol. The third-order valence-electron chi connectivity index (χ3n) is 2.97. The summed E-state index contributed by atoms with van der Waals surface area (Å²) in [5, 5.41) is 13.0. The zero-order valence-corrected chi connectivity index (χ0v) is 10.6. The van der Waals surface area contributed by atoms with Crippen molar-refractivity contribution < 1.29 is 0 Å². The van der Waals surface area contributed by atoms with Crippen LogP contribution in [0.2, 0.25) is 0 Å². The van der Waals surface area contributed by atoms with E-state index in [9.17, 15) is 0 Å². The minimum absolute atomic E-state index is 0.366. The lowest BCUT2D eigenvalue weighted by Gasteiger charge is -2.22. The van der Waals surface area contributed by atoms with Gasteiger partial charge in [0, 0.05) is 12.6 Å². The van der Waals surface area contributed by atoms with Crippen LogP contribution < -0.4 is 4.90 Å². The molecule has 4 nitrogen and oxygen atoms in total. The number of nitriles is 1. The summed E-state index contributed by atoms with van der Waals surface area (Å²) in [6.07, 6.45) is 5.67. The molecule has 2 heterocycles. The van der Waals surface area contributed by atoms with Crippen molar-refractivity contribution in [3.05, 3.63) is 40.5 Å². The van der Waals surface area contributed by atoms with Crippen molar-refractivity contribution in [1.82, 2.24) is 9.97 Å². The van der Waals surface area contributed by atoms with Gasteiger partial charge in [0.15, 0.2) is 5.69 Å². The van der Waals surface area contributed by atoms with Gasteiger partial charge in [0.05, 0.1) is 12.4 Å². The lowest BCUT2D eigenvalue weighted by molar-refractivity contribution is 0.775. The smallest absolute Gasteiger partial charge is 0.158 e. The molecule has 0 N–H and O–H groups in total. The number of rotatable bonds is 4. The normalized spacial score (nSPS) is 14.2. The molecule has 0 spiro atoms. The maximum atomic E-state index is 8.73. The molecule has 0 radical (unpaired) electrons. The Morgan fingerprint density at radius 2 is 2.28 bits per heavy atom. The van der Waals surface area contributed by atoms with Crippen LogP contribution in [0.25, 0.3) is 0 Å². The monoisotopic (exact) mass is 256 g/mol. The zero-order chi connectivity index (χ0) is 12.4. The van der Waals surface area contributed by atoms with Gasteiger partial charge >= 0.3 is 0 Å². The lowest BCUT2D eigenvalue weighted by Crippen LogP contribution is -2.25. The fourth-order valence-corrected chi connectivity index (χ4v) is 2.55. The predicted molar refractivity (Wildman–Crippen MR) is 70.3 cm³/mol. The lowest BCUT2D eigenvalue weighted by atomic mass is 10.3. The van der Waals surface area contributed by atoms with Crippen molar-refractivity contribution >= 4 is 17.2 Å². The van der Waals surface area contributed by atoms with E-state index >= 15 is 0 Å². The van der Waals surface area contributed by atoms with Crippen molar-refractivity contribution in [2.45, 2.75) is 25.4 Å². The van der Waals surface area contributed by atoms with Crippen LogP contribution in [0.1, 0.15) is 24.1 Å². The molecule has 90 valence electrons. The summed E-state index contributed by atoms with van der Waals surface area (Å²) < 4.78 is 0. The highest BCUT2D eigenvalue weighted by atomic mass is 32.1. The molecule has 0 unspecified atom stereocenters. The summed E-state index contributed by atoms with van der Waals surface area (Å²) >= 11 is 1.71. The summed E-state index contributed by atoms with van der Waals surface area (Å²) in [5.41, 5.74) is 1.67. The zero-order valence-electron chi connectivity index (χ0n) is 9.78. The Hall–Kier alpha value is -1.93. The van der Waals surface area contributed by atoms with Gasteiger partial charge in [-0.1, -0.05) is 0 Å². The SMILES string of the molecule is N#Cc1cnc(N(Cc2ccsc2)C2CC2)cn1. The molecule has 18 heavy (non-hydrogen) atoms. The number of aromatic nitrogens is 2. The van der Waals surface area contributed by atoms with Crippen LogP contribution >= 0.6 is 11.3 Å². The summed E-state index contributed by atoms with van der Waals surface area (Å²) in [5.74, 6) is 0.864. The second-order valence-corrected chi connectivity index (χ2v) is 5.14. The Morgan fingerprint density at radius 3 is 2.83 bits per heavy atom. The summed E-state index contributed by atoms with van der Waals surface area (Å²) in [7, 11) is 0. The highest BCUT2D eigenvalue weighted by Crippen LogP contribution is 2.31. The molecule has 0 amide bonds. The Kier molecular flexibility index (Phi) is 2.95. The van der Waals surface area contributed by atoms with Crippen molar-refractivity contribution in [2.75, 3.05) is 4.90 Å². The summed E-state index contributed by atoms with van der Waals surface area (Å²) in [4.78, 5) is 10.7. The van der Waals surface area contributed by atoms with Gasteiger partial charge in [-0.25, -0.2) is 9.97 Å². The second-order valence-electron chi connectivity index (χ2n) is 4.36. The number of hydrogen-bond donors (Lipinski definition) is 0. The van der Waals surface area contributed by atoms with Crippen LogP contribution in [0.5, 0.6) is 0 Å². The molecule has 0 saturated heterocycles. The van der Waals surface area contributed by atoms with Gasteiger partial charge in [0.25, 0.3) is 0 Å². The molecular weight excluding hydrogens is 244 g/mol. The van der Waals surface area contributed by atoms with Gasteiger partial charge in [-0.2, -0.15) is 16.6 Å². The van der Waals surface area contributed by atoms with Gasteiger partial charge in [-0.15, -0.1) is 0 Å². The van der Waals surface area contributed by atoms with Crippen molar-refractivity contribution in [3.8, 4) is 6.07 Å². The molecule has 1 saturated carbocycles. The molecule has 0 aliphatic heterocycles. The maximum Gasteiger partial charge on any atom is 0.158 e. The third kappa shape index (κ3) is 2.34. The molecule has 0 bridgehead atoms. The van der Waals surface area contributed by atoms with E-state index in [-0.39, 0.29) is 0 Å². The molecule has 2 aromatic rings. The van der Waals surface area contributed by atoms with Crippen molar-refractivity contribution in [3.63, 3.8) is 0 Å². The van der Waals surface area contributed by atoms with Crippen LogP contribution in [0.3, 0.4) is 0 Å². The van der Waals surface area contributed by atoms with Gasteiger partial charge < -0.3 is 4.90 Å². The number of hydrogen-bond acceptors (Lipinski definition) is 5. The van der Waals surface area contributed by atoms with Gasteiger partial charge in [-0.05, 0) is 35.2 Å². The van der Waals surface area contributed by atoms with Crippen LogP contribution in [0.4, 0.5) is 5.82 Å². The Morgan fingerprint density at radius 1 is 1.39 bits per heavy atom. The largest absolute Gasteiger partial charge is 0.348 e. The molecule has 1 fully saturated rings. The quantitative estimate of drug-likeness (QED) is 0.843. The highest BCUT2D eigenvalue weighted by molar-refractivity contribution is 7.07.